The number of aromatic carboxylic acids is 1. The average molecular weight is 307 g/mol. The Balaban J connectivity index is 2.13. The van der Waals surface area contributed by atoms with Crippen LogP contribution in [-0.2, 0) is 9.59 Å². The minimum Gasteiger partial charge on any atom is -0.478 e. The Hall–Kier alpha value is -1.82. The predicted molar refractivity (Wildman–Crippen MR) is 79.3 cm³/mol. The lowest BCUT2D eigenvalue weighted by molar-refractivity contribution is -0.138. The smallest absolute Gasteiger partial charge is 0.336 e. The number of benzene rings is 1. The minimum absolute atomic E-state index is 0.140. The molecule has 112 valence electrons. The van der Waals surface area contributed by atoms with E-state index in [1.54, 1.807) is 18.2 Å². The summed E-state index contributed by atoms with van der Waals surface area (Å²) in [5, 5.41) is 8.63. The quantitative estimate of drug-likeness (QED) is 0.817. The zero-order chi connectivity index (χ0) is 15.4. The summed E-state index contributed by atoms with van der Waals surface area (Å²) >= 11 is 1.16. The van der Waals surface area contributed by atoms with Crippen LogP contribution in [0.25, 0.3) is 0 Å². The maximum atomic E-state index is 12.2. The number of unbranched alkanes of at least 4 members (excludes halogenated alkanes) is 1. The Morgan fingerprint density at radius 1 is 1.38 bits per heavy atom. The van der Waals surface area contributed by atoms with Crippen LogP contribution in [0.5, 0.6) is 0 Å². The van der Waals surface area contributed by atoms with Gasteiger partial charge >= 0.3 is 5.97 Å². The van der Waals surface area contributed by atoms with E-state index in [2.05, 4.69) is 0 Å². The van der Waals surface area contributed by atoms with Gasteiger partial charge in [-0.2, -0.15) is 0 Å². The van der Waals surface area contributed by atoms with Crippen LogP contribution in [0.3, 0.4) is 0 Å². The summed E-state index contributed by atoms with van der Waals surface area (Å²) < 4.78 is 0. The molecule has 1 aliphatic heterocycles. The first-order valence-corrected chi connectivity index (χ1v) is 7.75. The van der Waals surface area contributed by atoms with Crippen molar-refractivity contribution in [2.75, 3.05) is 6.54 Å². The van der Waals surface area contributed by atoms with Crippen molar-refractivity contribution >= 4 is 29.5 Å². The Morgan fingerprint density at radius 3 is 2.76 bits per heavy atom. The molecular formula is C15H17NO4S. The molecule has 0 unspecified atom stereocenters. The second-order valence-electron chi connectivity index (χ2n) is 4.85. The molecule has 1 aromatic carbocycles. The van der Waals surface area contributed by atoms with Crippen LogP contribution in [-0.4, -0.2) is 39.6 Å². The lowest BCUT2D eigenvalue weighted by Crippen LogP contribution is -2.32. The van der Waals surface area contributed by atoms with E-state index in [1.807, 2.05) is 6.92 Å². The van der Waals surface area contributed by atoms with Gasteiger partial charge in [-0.15, -0.1) is 11.8 Å². The fourth-order valence-electron chi connectivity index (χ4n) is 2.20. The molecule has 2 rings (SSSR count). The van der Waals surface area contributed by atoms with Gasteiger partial charge in [0.05, 0.1) is 10.8 Å². The fraction of sp³-hybridized carbons (Fsp3) is 0.400. The SMILES string of the molecule is CCCCN1C(=O)C[C@H](Sc2ccccc2C(=O)O)C1=O. The van der Waals surface area contributed by atoms with E-state index in [0.717, 1.165) is 24.6 Å². The van der Waals surface area contributed by atoms with Crippen molar-refractivity contribution in [2.45, 2.75) is 36.3 Å². The molecule has 0 bridgehead atoms. The molecule has 1 N–H and O–H groups in total. The molecule has 21 heavy (non-hydrogen) atoms. The highest BCUT2D eigenvalue weighted by Gasteiger charge is 2.39. The van der Waals surface area contributed by atoms with E-state index < -0.39 is 11.2 Å². The molecular weight excluding hydrogens is 290 g/mol. The summed E-state index contributed by atoms with van der Waals surface area (Å²) in [6.45, 7) is 2.45. The van der Waals surface area contributed by atoms with Gasteiger partial charge in [0, 0.05) is 17.9 Å². The number of imide groups is 1. The molecule has 0 spiro atoms. The maximum absolute atomic E-state index is 12.2. The van der Waals surface area contributed by atoms with Crippen LogP contribution in [0.2, 0.25) is 0 Å². The van der Waals surface area contributed by atoms with Gasteiger partial charge in [0.15, 0.2) is 0 Å². The van der Waals surface area contributed by atoms with Crippen molar-refractivity contribution in [2.24, 2.45) is 0 Å². The lowest BCUT2D eigenvalue weighted by Gasteiger charge is -2.14. The molecule has 1 saturated heterocycles. The number of amides is 2. The molecule has 1 fully saturated rings. The van der Waals surface area contributed by atoms with Gasteiger partial charge in [-0.05, 0) is 18.6 Å². The first-order valence-electron chi connectivity index (χ1n) is 6.87. The number of likely N-dealkylation sites (tertiary alicyclic amines) is 1. The molecule has 6 heteroatoms. The number of hydrogen-bond acceptors (Lipinski definition) is 4. The second kappa shape index (κ2) is 6.76. The van der Waals surface area contributed by atoms with Gasteiger partial charge in [-0.1, -0.05) is 25.5 Å². The van der Waals surface area contributed by atoms with Crippen molar-refractivity contribution in [1.82, 2.24) is 4.90 Å². The van der Waals surface area contributed by atoms with Gasteiger partial charge < -0.3 is 5.11 Å². The predicted octanol–water partition coefficient (Wildman–Crippen LogP) is 2.40. The molecule has 0 aromatic heterocycles. The first-order chi connectivity index (χ1) is 10.0. The number of thioether (sulfide) groups is 1. The van der Waals surface area contributed by atoms with Crippen LogP contribution < -0.4 is 0 Å². The number of nitrogens with zero attached hydrogens (tertiary/aromatic N) is 1. The molecule has 2 amide bonds. The van der Waals surface area contributed by atoms with Crippen molar-refractivity contribution in [3.8, 4) is 0 Å². The summed E-state index contributed by atoms with van der Waals surface area (Å²) in [4.78, 5) is 37.1. The summed E-state index contributed by atoms with van der Waals surface area (Å²) in [6, 6.07) is 6.54. The highest BCUT2D eigenvalue weighted by atomic mass is 32.2. The van der Waals surface area contributed by atoms with Crippen LogP contribution in [0, 0.1) is 0 Å². The number of rotatable bonds is 6. The van der Waals surface area contributed by atoms with Crippen LogP contribution in [0.4, 0.5) is 0 Å². The second-order valence-corrected chi connectivity index (χ2v) is 6.09. The molecule has 5 nitrogen and oxygen atoms in total. The van der Waals surface area contributed by atoms with Crippen LogP contribution in [0.15, 0.2) is 29.2 Å². The standard InChI is InChI=1S/C15H17NO4S/c1-2-3-8-16-13(17)9-12(14(16)18)21-11-7-5-4-6-10(11)15(19)20/h4-7,12H,2-3,8-9H2,1H3,(H,19,20)/t12-/m0/s1. The third-order valence-corrected chi connectivity index (χ3v) is 4.59. The maximum Gasteiger partial charge on any atom is 0.336 e. The Bertz CT molecular complexity index is 573. The van der Waals surface area contributed by atoms with Gasteiger partial charge in [0.1, 0.15) is 0 Å². The lowest BCUT2D eigenvalue weighted by atomic mass is 10.2. The Morgan fingerprint density at radius 2 is 2.10 bits per heavy atom. The summed E-state index contributed by atoms with van der Waals surface area (Å²) in [5.74, 6) is -1.41. The number of hydrogen-bond donors (Lipinski definition) is 1. The average Bonchev–Trinajstić information content (AvgIpc) is 2.72. The number of carbonyl (C=O) groups is 3. The zero-order valence-corrected chi connectivity index (χ0v) is 12.6. The topological polar surface area (TPSA) is 74.7 Å². The summed E-state index contributed by atoms with van der Waals surface area (Å²) in [6.07, 6.45) is 1.85. The normalized spacial score (nSPS) is 18.3. The zero-order valence-electron chi connectivity index (χ0n) is 11.7. The van der Waals surface area contributed by atoms with Crippen molar-refractivity contribution in [3.63, 3.8) is 0 Å². The minimum atomic E-state index is -1.03. The summed E-state index contributed by atoms with van der Waals surface area (Å²) in [5.41, 5.74) is 0.162. The molecule has 0 saturated carbocycles. The summed E-state index contributed by atoms with van der Waals surface area (Å²) in [7, 11) is 0. The van der Waals surface area contributed by atoms with Gasteiger partial charge in [-0.3, -0.25) is 14.5 Å². The molecule has 1 aromatic rings. The van der Waals surface area contributed by atoms with E-state index in [4.69, 9.17) is 5.11 Å². The number of carboxylic acids is 1. The van der Waals surface area contributed by atoms with E-state index in [1.165, 1.54) is 11.0 Å². The van der Waals surface area contributed by atoms with E-state index >= 15 is 0 Å². The van der Waals surface area contributed by atoms with Crippen molar-refractivity contribution < 1.29 is 19.5 Å². The van der Waals surface area contributed by atoms with Crippen molar-refractivity contribution in [1.29, 1.82) is 0 Å². The van der Waals surface area contributed by atoms with E-state index in [-0.39, 0.29) is 23.8 Å². The van der Waals surface area contributed by atoms with Crippen LogP contribution >= 0.6 is 11.8 Å². The monoisotopic (exact) mass is 307 g/mol. The van der Waals surface area contributed by atoms with Gasteiger partial charge in [0.2, 0.25) is 11.8 Å². The molecule has 1 atom stereocenters. The molecule has 1 aliphatic rings. The Labute approximate surface area is 127 Å². The van der Waals surface area contributed by atoms with E-state index in [9.17, 15) is 14.4 Å². The fourth-order valence-corrected chi connectivity index (χ4v) is 3.40. The molecule has 0 aliphatic carbocycles. The molecule has 1 heterocycles. The highest BCUT2D eigenvalue weighted by Crippen LogP contribution is 2.33. The molecule has 0 radical (unpaired) electrons. The third-order valence-electron chi connectivity index (χ3n) is 3.32. The highest BCUT2D eigenvalue weighted by molar-refractivity contribution is 8.00. The third kappa shape index (κ3) is 3.44. The van der Waals surface area contributed by atoms with Gasteiger partial charge in [-0.25, -0.2) is 4.79 Å². The number of carboxylic acid groups (broad SMARTS) is 1. The first kappa shape index (κ1) is 15.6. The largest absolute Gasteiger partial charge is 0.478 e. The van der Waals surface area contributed by atoms with E-state index in [0.29, 0.717) is 11.4 Å². The van der Waals surface area contributed by atoms with Gasteiger partial charge in [0.25, 0.3) is 0 Å². The number of carbonyl (C=O) groups excluding carboxylic acids is 2. The van der Waals surface area contributed by atoms with Crippen LogP contribution in [0.1, 0.15) is 36.5 Å². The Kier molecular flexibility index (Phi) is 5.01. The van der Waals surface area contributed by atoms with Crippen molar-refractivity contribution in [3.05, 3.63) is 29.8 Å².